The summed E-state index contributed by atoms with van der Waals surface area (Å²) < 4.78 is 11.8. The molecule has 0 aromatic heterocycles. The molecule has 0 heterocycles. The van der Waals surface area contributed by atoms with Crippen molar-refractivity contribution < 1.29 is 19.1 Å². The highest BCUT2D eigenvalue weighted by Gasteiger charge is 2.09. The Morgan fingerprint density at radius 3 is 2.62 bits per heavy atom. The maximum Gasteiger partial charge on any atom is 0.224 e. The van der Waals surface area contributed by atoms with Gasteiger partial charge in [0, 0.05) is 23.5 Å². The number of rotatable bonds is 8. The van der Waals surface area contributed by atoms with Crippen LogP contribution in [0.1, 0.15) is 19.8 Å². The summed E-state index contributed by atoms with van der Waals surface area (Å²) in [7, 11) is 1.52. The number of halogens is 1. The van der Waals surface area contributed by atoms with Crippen LogP contribution in [0.4, 0.5) is 11.4 Å². The van der Waals surface area contributed by atoms with E-state index in [0.717, 1.165) is 10.2 Å². The summed E-state index contributed by atoms with van der Waals surface area (Å²) in [6.07, 6.45) is 0.883. The minimum atomic E-state index is -0.183. The number of amides is 2. The zero-order chi connectivity index (χ0) is 18.9. The molecule has 0 aliphatic heterocycles. The molecule has 2 N–H and O–H groups in total. The Kier molecular flexibility index (Phi) is 7.47. The van der Waals surface area contributed by atoms with E-state index in [2.05, 4.69) is 26.6 Å². The van der Waals surface area contributed by atoms with E-state index in [4.69, 9.17) is 9.47 Å². The summed E-state index contributed by atoms with van der Waals surface area (Å²) >= 11 is 3.38. The number of hydrogen-bond acceptors (Lipinski definition) is 4. The third-order valence-electron chi connectivity index (χ3n) is 3.41. The van der Waals surface area contributed by atoms with E-state index in [1.165, 1.54) is 14.0 Å². The molecule has 2 amide bonds. The van der Waals surface area contributed by atoms with Crippen LogP contribution in [-0.4, -0.2) is 25.5 Å². The van der Waals surface area contributed by atoms with Crippen molar-refractivity contribution in [2.45, 2.75) is 19.8 Å². The van der Waals surface area contributed by atoms with E-state index in [1.54, 1.807) is 18.2 Å². The van der Waals surface area contributed by atoms with Crippen molar-refractivity contribution in [3.05, 3.63) is 46.9 Å². The van der Waals surface area contributed by atoms with Crippen molar-refractivity contribution in [1.29, 1.82) is 0 Å². The molecule has 6 nitrogen and oxygen atoms in total. The van der Waals surface area contributed by atoms with Crippen molar-refractivity contribution in [2.24, 2.45) is 0 Å². The molecule has 0 saturated heterocycles. The fourth-order valence-electron chi connectivity index (χ4n) is 2.28. The molecule has 0 aliphatic rings. The highest BCUT2D eigenvalue weighted by atomic mass is 79.9. The first-order chi connectivity index (χ1) is 12.5. The number of carbonyl (C=O) groups is 2. The third kappa shape index (κ3) is 6.40. The van der Waals surface area contributed by atoms with Gasteiger partial charge in [-0.3, -0.25) is 9.59 Å². The Hall–Kier alpha value is -2.54. The quantitative estimate of drug-likeness (QED) is 0.626. The number of nitrogens with one attached hydrogen (secondary N) is 2. The molecular weight excluding hydrogens is 400 g/mol. The maximum absolute atomic E-state index is 12.2. The molecule has 0 atom stereocenters. The molecule has 2 rings (SSSR count). The van der Waals surface area contributed by atoms with E-state index in [0.29, 0.717) is 36.6 Å². The van der Waals surface area contributed by atoms with Crippen LogP contribution in [0, 0.1) is 0 Å². The van der Waals surface area contributed by atoms with Gasteiger partial charge < -0.3 is 20.1 Å². The number of benzene rings is 2. The fraction of sp³-hybridized carbons (Fsp3) is 0.263. The summed E-state index contributed by atoms with van der Waals surface area (Å²) in [6.45, 7) is 1.86. The first-order valence-corrected chi connectivity index (χ1v) is 8.91. The van der Waals surface area contributed by atoms with E-state index < -0.39 is 0 Å². The van der Waals surface area contributed by atoms with Crippen LogP contribution in [0.25, 0.3) is 0 Å². The van der Waals surface area contributed by atoms with Crippen molar-refractivity contribution >= 4 is 39.1 Å². The number of ether oxygens (including phenoxy) is 2. The van der Waals surface area contributed by atoms with E-state index in [-0.39, 0.29) is 11.8 Å². The molecule has 0 unspecified atom stereocenters. The summed E-state index contributed by atoms with van der Waals surface area (Å²) in [5.74, 6) is 0.945. The van der Waals surface area contributed by atoms with Gasteiger partial charge >= 0.3 is 0 Å². The Morgan fingerprint density at radius 2 is 1.92 bits per heavy atom. The highest BCUT2D eigenvalue weighted by molar-refractivity contribution is 9.10. The molecule has 0 aliphatic carbocycles. The predicted molar refractivity (Wildman–Crippen MR) is 105 cm³/mol. The molecule has 0 spiro atoms. The standard InChI is InChI=1S/C19H21BrN2O4/c1-13(23)21-15-8-9-18(25-2)17(12-15)22-19(24)7-4-10-26-16-6-3-5-14(20)11-16/h3,5-6,8-9,11-12H,4,7,10H2,1-2H3,(H,21,23)(H,22,24). The molecule has 0 saturated carbocycles. The molecule has 0 radical (unpaired) electrons. The largest absolute Gasteiger partial charge is 0.495 e. The molecular formula is C19H21BrN2O4. The molecule has 7 heteroatoms. The second kappa shape index (κ2) is 9.82. The van der Waals surface area contributed by atoms with Gasteiger partial charge in [0.15, 0.2) is 0 Å². The summed E-state index contributed by atoms with van der Waals surface area (Å²) in [4.78, 5) is 23.3. The van der Waals surface area contributed by atoms with Gasteiger partial charge in [0.25, 0.3) is 0 Å². The number of anilines is 2. The van der Waals surface area contributed by atoms with Crippen molar-refractivity contribution in [3.8, 4) is 11.5 Å². The van der Waals surface area contributed by atoms with Gasteiger partial charge in [-0.25, -0.2) is 0 Å². The topological polar surface area (TPSA) is 76.7 Å². The zero-order valence-electron chi connectivity index (χ0n) is 14.7. The number of hydrogen-bond donors (Lipinski definition) is 2. The molecule has 138 valence electrons. The Balaban J connectivity index is 1.85. The Bertz CT molecular complexity index is 780. The van der Waals surface area contributed by atoms with Gasteiger partial charge in [0.2, 0.25) is 11.8 Å². The average molecular weight is 421 g/mol. The summed E-state index contributed by atoms with van der Waals surface area (Å²) in [5.41, 5.74) is 1.10. The predicted octanol–water partition coefficient (Wildman–Crippen LogP) is 4.21. The molecule has 0 fully saturated rings. The van der Waals surface area contributed by atoms with Crippen LogP contribution >= 0.6 is 15.9 Å². The molecule has 0 bridgehead atoms. The van der Waals surface area contributed by atoms with Crippen molar-refractivity contribution in [2.75, 3.05) is 24.4 Å². The molecule has 2 aromatic rings. The first kappa shape index (κ1) is 19.8. The van der Waals surface area contributed by atoms with Gasteiger partial charge in [-0.1, -0.05) is 22.0 Å². The second-order valence-corrected chi connectivity index (χ2v) is 6.47. The van der Waals surface area contributed by atoms with Crippen LogP contribution in [0.5, 0.6) is 11.5 Å². The lowest BCUT2D eigenvalue weighted by atomic mass is 10.2. The minimum absolute atomic E-state index is 0.152. The summed E-state index contributed by atoms with van der Waals surface area (Å²) in [5, 5.41) is 5.48. The van der Waals surface area contributed by atoms with Crippen LogP contribution in [0.15, 0.2) is 46.9 Å². The number of methoxy groups -OCH3 is 1. The third-order valence-corrected chi connectivity index (χ3v) is 3.90. The SMILES string of the molecule is COc1ccc(NC(C)=O)cc1NC(=O)CCCOc1cccc(Br)c1. The average Bonchev–Trinajstić information content (AvgIpc) is 2.58. The van der Waals surface area contributed by atoms with E-state index in [9.17, 15) is 9.59 Å². The van der Waals surface area contributed by atoms with Crippen LogP contribution < -0.4 is 20.1 Å². The van der Waals surface area contributed by atoms with Crippen molar-refractivity contribution in [3.63, 3.8) is 0 Å². The van der Waals surface area contributed by atoms with Crippen molar-refractivity contribution in [1.82, 2.24) is 0 Å². The lowest BCUT2D eigenvalue weighted by Crippen LogP contribution is -2.14. The fourth-order valence-corrected chi connectivity index (χ4v) is 2.66. The molecule has 2 aromatic carbocycles. The van der Waals surface area contributed by atoms with E-state index >= 15 is 0 Å². The zero-order valence-corrected chi connectivity index (χ0v) is 16.3. The maximum atomic E-state index is 12.2. The van der Waals surface area contributed by atoms with Crippen LogP contribution in [-0.2, 0) is 9.59 Å². The van der Waals surface area contributed by atoms with E-state index in [1.807, 2.05) is 24.3 Å². The van der Waals surface area contributed by atoms with Crippen LogP contribution in [0.2, 0.25) is 0 Å². The lowest BCUT2D eigenvalue weighted by Gasteiger charge is -2.12. The Morgan fingerprint density at radius 1 is 1.12 bits per heavy atom. The second-order valence-electron chi connectivity index (χ2n) is 5.55. The Labute approximate surface area is 161 Å². The van der Waals surface area contributed by atoms with Crippen LogP contribution in [0.3, 0.4) is 0 Å². The lowest BCUT2D eigenvalue weighted by molar-refractivity contribution is -0.116. The number of carbonyl (C=O) groups excluding carboxylic acids is 2. The minimum Gasteiger partial charge on any atom is -0.495 e. The van der Waals surface area contributed by atoms with Gasteiger partial charge in [0.1, 0.15) is 11.5 Å². The van der Waals surface area contributed by atoms with Gasteiger partial charge in [0.05, 0.1) is 19.4 Å². The first-order valence-electron chi connectivity index (χ1n) is 8.12. The monoisotopic (exact) mass is 420 g/mol. The highest BCUT2D eigenvalue weighted by Crippen LogP contribution is 2.28. The normalized spacial score (nSPS) is 10.1. The molecule has 26 heavy (non-hydrogen) atoms. The van der Waals surface area contributed by atoms with Gasteiger partial charge in [-0.2, -0.15) is 0 Å². The smallest absolute Gasteiger partial charge is 0.224 e. The summed E-state index contributed by atoms with van der Waals surface area (Å²) in [6, 6.07) is 12.6. The van der Waals surface area contributed by atoms with Gasteiger partial charge in [-0.05, 0) is 42.8 Å². The van der Waals surface area contributed by atoms with Gasteiger partial charge in [-0.15, -0.1) is 0 Å².